The van der Waals surface area contributed by atoms with E-state index >= 15 is 0 Å². The average molecular weight is 324 g/mol. The number of hydrogen-bond donors (Lipinski definition) is 2. The van der Waals surface area contributed by atoms with Crippen molar-refractivity contribution in [2.75, 3.05) is 20.3 Å². The van der Waals surface area contributed by atoms with E-state index in [-0.39, 0.29) is 18.3 Å². The van der Waals surface area contributed by atoms with Crippen molar-refractivity contribution < 1.29 is 29.3 Å². The minimum atomic E-state index is -1.46. The first-order chi connectivity index (χ1) is 10.9. The molecule has 0 saturated carbocycles. The molecule has 0 radical (unpaired) electrons. The van der Waals surface area contributed by atoms with Crippen molar-refractivity contribution in [2.45, 2.75) is 25.3 Å². The number of pyridine rings is 1. The molecule has 0 bridgehead atoms. The smallest absolute Gasteiger partial charge is 0.341 e. The van der Waals surface area contributed by atoms with Crippen molar-refractivity contribution in [2.24, 2.45) is 0 Å². The number of aromatic nitrogens is 1. The Kier molecular flexibility index (Phi) is 3.82. The first-order valence-electron chi connectivity index (χ1n) is 7.09. The lowest BCUT2D eigenvalue weighted by Crippen LogP contribution is -2.56. The van der Waals surface area contributed by atoms with Crippen LogP contribution in [0.15, 0.2) is 11.0 Å². The summed E-state index contributed by atoms with van der Waals surface area (Å²) in [4.78, 5) is 36.9. The molecule has 9 heteroatoms. The highest BCUT2D eigenvalue weighted by molar-refractivity contribution is 5.97. The normalized spacial score (nSPS) is 23.3. The van der Waals surface area contributed by atoms with Crippen LogP contribution in [-0.4, -0.2) is 64.1 Å². The molecule has 1 amide bonds. The number of nitrogens with zero attached hydrogens (tertiary/aromatic N) is 2. The molecule has 23 heavy (non-hydrogen) atoms. The third-order valence-corrected chi connectivity index (χ3v) is 4.04. The van der Waals surface area contributed by atoms with E-state index in [0.29, 0.717) is 19.6 Å². The second kappa shape index (κ2) is 5.67. The highest BCUT2D eigenvalue weighted by atomic mass is 16.5. The molecular formula is C14H16N2O7. The Morgan fingerprint density at radius 3 is 2.87 bits per heavy atom. The molecule has 1 saturated heterocycles. The quantitative estimate of drug-likeness (QED) is 0.767. The van der Waals surface area contributed by atoms with Gasteiger partial charge in [-0.2, -0.15) is 0 Å². The van der Waals surface area contributed by atoms with Gasteiger partial charge < -0.3 is 29.2 Å². The first-order valence-corrected chi connectivity index (χ1v) is 7.09. The molecule has 1 aromatic heterocycles. The van der Waals surface area contributed by atoms with E-state index in [1.165, 1.54) is 9.47 Å². The summed E-state index contributed by atoms with van der Waals surface area (Å²) in [7, 11) is 1.55. The molecule has 2 aliphatic heterocycles. The summed E-state index contributed by atoms with van der Waals surface area (Å²) < 4.78 is 12.1. The zero-order valence-electron chi connectivity index (χ0n) is 12.4. The van der Waals surface area contributed by atoms with Crippen LogP contribution in [0.2, 0.25) is 0 Å². The highest BCUT2D eigenvalue weighted by Crippen LogP contribution is 2.28. The average Bonchev–Trinajstić information content (AvgIpc) is 2.50. The Morgan fingerprint density at radius 2 is 2.22 bits per heavy atom. The van der Waals surface area contributed by atoms with E-state index in [2.05, 4.69) is 0 Å². The van der Waals surface area contributed by atoms with E-state index in [0.717, 1.165) is 6.20 Å². The zero-order chi connectivity index (χ0) is 16.7. The number of methoxy groups -OCH3 is 1. The van der Waals surface area contributed by atoms with Crippen LogP contribution in [0.4, 0.5) is 0 Å². The van der Waals surface area contributed by atoms with Gasteiger partial charge in [-0.15, -0.1) is 0 Å². The lowest BCUT2D eigenvalue weighted by atomic mass is 10.1. The van der Waals surface area contributed by atoms with Crippen molar-refractivity contribution in [1.29, 1.82) is 0 Å². The van der Waals surface area contributed by atoms with Crippen molar-refractivity contribution >= 4 is 11.9 Å². The fraction of sp³-hybridized carbons (Fsp3) is 0.500. The summed E-state index contributed by atoms with van der Waals surface area (Å²) in [5.74, 6) is -2.85. The van der Waals surface area contributed by atoms with Crippen LogP contribution >= 0.6 is 0 Å². The molecule has 124 valence electrons. The fourth-order valence-electron chi connectivity index (χ4n) is 2.95. The minimum absolute atomic E-state index is 0.134. The van der Waals surface area contributed by atoms with Gasteiger partial charge in [-0.3, -0.25) is 9.59 Å². The Hall–Kier alpha value is -2.39. The summed E-state index contributed by atoms with van der Waals surface area (Å²) in [6.45, 7) is 0.933. The number of carboxylic acid groups (broad SMARTS) is 1. The van der Waals surface area contributed by atoms with Crippen LogP contribution in [0.25, 0.3) is 0 Å². The Morgan fingerprint density at radius 1 is 1.48 bits per heavy atom. The van der Waals surface area contributed by atoms with Crippen LogP contribution in [-0.2, 0) is 16.0 Å². The summed E-state index contributed by atoms with van der Waals surface area (Å²) >= 11 is 0. The molecule has 0 spiro atoms. The van der Waals surface area contributed by atoms with Crippen molar-refractivity contribution in [3.05, 3.63) is 27.7 Å². The summed E-state index contributed by atoms with van der Waals surface area (Å²) in [5, 5.41) is 19.0. The van der Waals surface area contributed by atoms with Gasteiger partial charge in [0.2, 0.25) is 5.43 Å². The first kappa shape index (κ1) is 15.5. The molecule has 1 aromatic rings. The Labute approximate surface area is 130 Å². The number of rotatable bonds is 3. The van der Waals surface area contributed by atoms with Crippen molar-refractivity contribution in [3.8, 4) is 5.75 Å². The Bertz CT molecular complexity index is 727. The van der Waals surface area contributed by atoms with Crippen LogP contribution < -0.4 is 5.43 Å². The number of carbonyl (C=O) groups excluding carboxylic acids is 1. The van der Waals surface area contributed by atoms with Crippen molar-refractivity contribution in [1.82, 2.24) is 9.47 Å². The highest BCUT2D eigenvalue weighted by Gasteiger charge is 2.40. The van der Waals surface area contributed by atoms with Gasteiger partial charge in [-0.1, -0.05) is 0 Å². The number of aromatic hydroxyl groups is 1. The molecule has 0 aromatic carbocycles. The zero-order valence-corrected chi connectivity index (χ0v) is 12.4. The molecular weight excluding hydrogens is 308 g/mol. The topological polar surface area (TPSA) is 118 Å². The third-order valence-electron chi connectivity index (χ3n) is 4.04. The maximum atomic E-state index is 12.5. The summed E-state index contributed by atoms with van der Waals surface area (Å²) in [6, 6.07) is 0. The van der Waals surface area contributed by atoms with Crippen LogP contribution in [0, 0.1) is 0 Å². The van der Waals surface area contributed by atoms with E-state index < -0.39 is 34.8 Å². The molecule has 3 rings (SSSR count). The number of fused-ring (bicyclic) bond motifs is 2. The maximum Gasteiger partial charge on any atom is 0.341 e. The van der Waals surface area contributed by atoms with E-state index in [1.54, 1.807) is 7.11 Å². The van der Waals surface area contributed by atoms with Gasteiger partial charge in [-0.05, 0) is 6.42 Å². The van der Waals surface area contributed by atoms with E-state index in [1.807, 2.05) is 0 Å². The molecule has 2 aliphatic rings. The largest absolute Gasteiger partial charge is 0.503 e. The number of carbonyl (C=O) groups is 2. The molecule has 2 atom stereocenters. The molecule has 2 N–H and O–H groups in total. The fourth-order valence-corrected chi connectivity index (χ4v) is 2.95. The SMILES string of the molecule is COC[C@H]1CCN2C(=O)c3c(O)c(=O)c(C(=O)O)cn3C[C@H]2O1. The number of hydrogen-bond acceptors (Lipinski definition) is 6. The lowest BCUT2D eigenvalue weighted by molar-refractivity contribution is -0.149. The lowest BCUT2D eigenvalue weighted by Gasteiger charge is -2.43. The second-order valence-electron chi connectivity index (χ2n) is 5.48. The van der Waals surface area contributed by atoms with E-state index in [4.69, 9.17) is 14.6 Å². The number of ether oxygens (including phenoxy) is 2. The third kappa shape index (κ3) is 2.47. The molecule has 0 aliphatic carbocycles. The second-order valence-corrected chi connectivity index (χ2v) is 5.48. The number of aromatic carboxylic acids is 1. The van der Waals surface area contributed by atoms with Crippen LogP contribution in [0.1, 0.15) is 27.3 Å². The minimum Gasteiger partial charge on any atom is -0.503 e. The standard InChI is InChI=1S/C14H16N2O7/c1-22-6-7-2-3-16-9(23-7)5-15-4-8(14(20)21)11(17)12(18)10(15)13(16)19/h4,7,9,18H,2-3,5-6H2,1H3,(H,20,21)/t7-,9-/m1/s1. The molecule has 0 unspecified atom stereocenters. The molecule has 9 nitrogen and oxygen atoms in total. The summed E-state index contributed by atoms with van der Waals surface area (Å²) in [5.41, 5.74) is -1.85. The predicted molar refractivity (Wildman–Crippen MR) is 75.5 cm³/mol. The Balaban J connectivity index is 2.01. The van der Waals surface area contributed by atoms with Gasteiger partial charge in [0.05, 0.1) is 19.3 Å². The van der Waals surface area contributed by atoms with Gasteiger partial charge in [-0.25, -0.2) is 4.79 Å². The van der Waals surface area contributed by atoms with Gasteiger partial charge >= 0.3 is 5.97 Å². The maximum absolute atomic E-state index is 12.5. The van der Waals surface area contributed by atoms with Gasteiger partial charge in [0, 0.05) is 19.9 Å². The van der Waals surface area contributed by atoms with Crippen molar-refractivity contribution in [3.63, 3.8) is 0 Å². The van der Waals surface area contributed by atoms with Crippen LogP contribution in [0.5, 0.6) is 5.75 Å². The van der Waals surface area contributed by atoms with E-state index in [9.17, 15) is 19.5 Å². The van der Waals surface area contributed by atoms with Gasteiger partial charge in [0.1, 0.15) is 5.56 Å². The predicted octanol–water partition coefficient (Wildman–Crippen LogP) is -0.531. The monoisotopic (exact) mass is 324 g/mol. The summed E-state index contributed by atoms with van der Waals surface area (Å²) in [6.07, 6.45) is 0.891. The molecule has 3 heterocycles. The van der Waals surface area contributed by atoms with Gasteiger partial charge in [0.25, 0.3) is 5.91 Å². The molecule has 1 fully saturated rings. The van der Waals surface area contributed by atoms with Gasteiger partial charge in [0.15, 0.2) is 17.7 Å². The van der Waals surface area contributed by atoms with Crippen LogP contribution in [0.3, 0.4) is 0 Å². The number of carboxylic acids is 1. The number of amides is 1.